The van der Waals surface area contributed by atoms with Crippen LogP contribution in [0.25, 0.3) is 121 Å². The number of nitrogens with zero attached hydrogens (tertiary/aromatic N) is 4. The van der Waals surface area contributed by atoms with Crippen molar-refractivity contribution in [2.75, 3.05) is 0 Å². The molecule has 394 valence electrons. The zero-order chi connectivity index (χ0) is 55.6. The second-order valence-corrected chi connectivity index (χ2v) is 19.4. The Balaban J connectivity index is 1.13. The summed E-state index contributed by atoms with van der Waals surface area (Å²) in [6, 6.07) is 48.7. The van der Waals surface area contributed by atoms with Gasteiger partial charge in [-0.3, -0.25) is 9.97 Å². The van der Waals surface area contributed by atoms with E-state index in [0.29, 0.717) is 55.4 Å². The van der Waals surface area contributed by atoms with E-state index >= 15 is 0 Å². The molecule has 0 aliphatic carbocycles. The Hall–Kier alpha value is -9.44. The minimum Gasteiger partial charge on any atom is -0.309 e. The molecule has 4 nitrogen and oxygen atoms in total. The molecule has 0 saturated heterocycles. The van der Waals surface area contributed by atoms with Gasteiger partial charge in [0.1, 0.15) is 0 Å². The lowest BCUT2D eigenvalue weighted by molar-refractivity contribution is -0.138. The number of halogens is 12. The van der Waals surface area contributed by atoms with Crippen LogP contribution in [0.1, 0.15) is 22.3 Å². The van der Waals surface area contributed by atoms with Crippen molar-refractivity contribution in [2.24, 2.45) is 0 Å². The number of alkyl halides is 12. The molecular formula is C64H34F12N4. The van der Waals surface area contributed by atoms with Crippen LogP contribution in [0.15, 0.2) is 207 Å². The predicted molar refractivity (Wildman–Crippen MR) is 287 cm³/mol. The van der Waals surface area contributed by atoms with E-state index < -0.39 is 47.0 Å². The number of fused-ring (bicyclic) bond motifs is 8. The quantitative estimate of drug-likeness (QED) is 0.123. The van der Waals surface area contributed by atoms with Gasteiger partial charge >= 0.3 is 24.7 Å². The van der Waals surface area contributed by atoms with Gasteiger partial charge in [0.05, 0.1) is 55.7 Å². The summed E-state index contributed by atoms with van der Waals surface area (Å²) < 4.78 is 175. The van der Waals surface area contributed by atoms with Gasteiger partial charge in [-0.25, -0.2) is 0 Å². The third-order valence-corrected chi connectivity index (χ3v) is 14.7. The second-order valence-electron chi connectivity index (χ2n) is 19.4. The van der Waals surface area contributed by atoms with Gasteiger partial charge in [-0.15, -0.1) is 0 Å². The van der Waals surface area contributed by atoms with E-state index in [0.717, 1.165) is 70.8 Å². The molecule has 80 heavy (non-hydrogen) atoms. The summed E-state index contributed by atoms with van der Waals surface area (Å²) >= 11 is 0. The Morgan fingerprint density at radius 3 is 0.850 bits per heavy atom. The Labute approximate surface area is 445 Å². The molecule has 0 amide bonds. The average Bonchev–Trinajstić information content (AvgIpc) is 4.03. The lowest BCUT2D eigenvalue weighted by Crippen LogP contribution is -2.04. The highest BCUT2D eigenvalue weighted by Crippen LogP contribution is 2.48. The zero-order valence-electron chi connectivity index (χ0n) is 41.0. The Bertz CT molecular complexity index is 4170. The molecule has 4 aromatic heterocycles. The minimum atomic E-state index is -4.81. The van der Waals surface area contributed by atoms with E-state index in [1.54, 1.807) is 57.9 Å². The topological polar surface area (TPSA) is 35.6 Å². The molecular weight excluding hydrogens is 1050 g/mol. The number of benzene rings is 9. The highest BCUT2D eigenvalue weighted by molar-refractivity contribution is 6.22. The van der Waals surface area contributed by atoms with Crippen LogP contribution in [-0.4, -0.2) is 19.1 Å². The first-order valence-corrected chi connectivity index (χ1v) is 24.7. The van der Waals surface area contributed by atoms with Crippen molar-refractivity contribution in [1.82, 2.24) is 19.1 Å². The first-order valence-electron chi connectivity index (χ1n) is 24.7. The van der Waals surface area contributed by atoms with Crippen molar-refractivity contribution >= 4 is 65.2 Å². The molecule has 13 aromatic rings. The van der Waals surface area contributed by atoms with Crippen LogP contribution in [0, 0.1) is 0 Å². The molecule has 0 N–H and O–H groups in total. The number of aromatic nitrogens is 4. The maximum Gasteiger partial charge on any atom is 0.416 e. The monoisotopic (exact) mass is 1090 g/mol. The fourth-order valence-electron chi connectivity index (χ4n) is 11.0. The molecule has 0 radical (unpaired) electrons. The highest BCUT2D eigenvalue weighted by Gasteiger charge is 2.36. The van der Waals surface area contributed by atoms with Crippen molar-refractivity contribution in [2.45, 2.75) is 24.7 Å². The van der Waals surface area contributed by atoms with Crippen molar-refractivity contribution in [3.05, 3.63) is 229 Å². The smallest absolute Gasteiger partial charge is 0.309 e. The van der Waals surface area contributed by atoms with Gasteiger partial charge in [0.2, 0.25) is 0 Å². The summed E-state index contributed by atoms with van der Waals surface area (Å²) in [6.45, 7) is 0. The van der Waals surface area contributed by atoms with Crippen molar-refractivity contribution in [3.63, 3.8) is 0 Å². The molecule has 9 aromatic carbocycles. The highest BCUT2D eigenvalue weighted by atomic mass is 19.4. The Kier molecular flexibility index (Phi) is 11.3. The normalized spacial score (nSPS) is 12.8. The molecule has 16 heteroatoms. The van der Waals surface area contributed by atoms with Crippen LogP contribution in [0.4, 0.5) is 52.7 Å². The Morgan fingerprint density at radius 2 is 0.575 bits per heavy atom. The van der Waals surface area contributed by atoms with E-state index in [2.05, 4.69) is 0 Å². The number of hydrogen-bond acceptors (Lipinski definition) is 2. The summed E-state index contributed by atoms with van der Waals surface area (Å²) in [4.78, 5) is 10.0. The number of hydrogen-bond donors (Lipinski definition) is 0. The molecule has 0 spiro atoms. The fraction of sp³-hybridized carbons (Fsp3) is 0.0625. The van der Waals surface area contributed by atoms with Crippen LogP contribution < -0.4 is 0 Å². The summed E-state index contributed by atoms with van der Waals surface area (Å²) in [6.07, 6.45) is -15.9. The summed E-state index contributed by atoms with van der Waals surface area (Å²) in [7, 11) is 0. The summed E-state index contributed by atoms with van der Waals surface area (Å²) in [5, 5.41) is 1.94. The number of pyridine rings is 2. The van der Waals surface area contributed by atoms with E-state index in [1.165, 1.54) is 24.3 Å². The van der Waals surface area contributed by atoms with Gasteiger partial charge in [-0.05, 0) is 142 Å². The predicted octanol–water partition coefficient (Wildman–Crippen LogP) is 19.7. The molecule has 0 bridgehead atoms. The van der Waals surface area contributed by atoms with Crippen LogP contribution in [-0.2, 0) is 24.7 Å². The van der Waals surface area contributed by atoms with Crippen molar-refractivity contribution in [3.8, 4) is 56.1 Å². The maximum absolute atomic E-state index is 14.3. The standard InChI is InChI=1S/C64H34F12N4/c65-61(66,67)39-13-23-55-47(27-39)48-28-40(62(68,69)70)14-24-56(48)79(55)43-18-20-46-51(31-43)59(53-21-11-37(33-77-53)35-7-3-1-4-8-35)45-19-17-44(32-52(45)60(46)54-22-12-38(34-78-54)36-9-5-2-6-10-36)80-57-25-15-41(63(71,72)73)29-49(57)50-30-42(64(74,75)76)16-26-58(50)80/h1-34H. The fourth-order valence-corrected chi connectivity index (χ4v) is 11.0. The molecule has 0 atom stereocenters. The largest absolute Gasteiger partial charge is 0.416 e. The molecule has 13 rings (SSSR count). The van der Waals surface area contributed by atoms with Crippen LogP contribution in [0.3, 0.4) is 0 Å². The SMILES string of the molecule is FC(F)(F)c1ccc2c(c1)c1cc(C(F)(F)F)ccc1n2-c1ccc2c(-c3ccc(-c4ccccc4)cn3)c3cc(-n4c5ccc(C(F)(F)F)cc5c5cc(C(F)(F)F)ccc54)ccc3c(-c3ccc(-c4ccccc4)cn3)c2c1. The molecule has 0 fully saturated rings. The lowest BCUT2D eigenvalue weighted by atomic mass is 9.87. The van der Waals surface area contributed by atoms with Crippen LogP contribution in [0.2, 0.25) is 0 Å². The first kappa shape index (κ1) is 50.1. The summed E-state index contributed by atoms with van der Waals surface area (Å²) in [5.41, 5.74) is 2.60. The van der Waals surface area contributed by atoms with Crippen molar-refractivity contribution < 1.29 is 52.7 Å². The first-order chi connectivity index (χ1) is 38.2. The molecule has 0 unspecified atom stereocenters. The van der Waals surface area contributed by atoms with Gasteiger partial charge in [-0.2, -0.15) is 52.7 Å². The second kappa shape index (κ2) is 18.1. The minimum absolute atomic E-state index is 0.0665. The van der Waals surface area contributed by atoms with E-state index in [-0.39, 0.29) is 43.6 Å². The van der Waals surface area contributed by atoms with Gasteiger partial charge in [0, 0.05) is 67.6 Å². The molecule has 0 aliphatic heterocycles. The van der Waals surface area contributed by atoms with Gasteiger partial charge < -0.3 is 9.13 Å². The summed E-state index contributed by atoms with van der Waals surface area (Å²) in [5.74, 6) is 0. The third-order valence-electron chi connectivity index (χ3n) is 14.7. The third kappa shape index (κ3) is 8.44. The average molecular weight is 1090 g/mol. The van der Waals surface area contributed by atoms with Gasteiger partial charge in [0.25, 0.3) is 0 Å². The van der Waals surface area contributed by atoms with Crippen LogP contribution in [0.5, 0.6) is 0 Å². The van der Waals surface area contributed by atoms with E-state index in [9.17, 15) is 52.7 Å². The molecule has 4 heterocycles. The van der Waals surface area contributed by atoms with Crippen LogP contribution >= 0.6 is 0 Å². The molecule has 0 aliphatic rings. The Morgan fingerprint density at radius 1 is 0.263 bits per heavy atom. The van der Waals surface area contributed by atoms with Crippen molar-refractivity contribution in [1.29, 1.82) is 0 Å². The lowest BCUT2D eigenvalue weighted by Gasteiger charge is -2.20. The number of rotatable bonds is 6. The maximum atomic E-state index is 14.3. The van der Waals surface area contributed by atoms with E-state index in [4.69, 9.17) is 9.97 Å². The van der Waals surface area contributed by atoms with Gasteiger partial charge in [0.15, 0.2) is 0 Å². The molecule has 0 saturated carbocycles. The zero-order valence-corrected chi connectivity index (χ0v) is 41.0. The van der Waals surface area contributed by atoms with Gasteiger partial charge in [-0.1, -0.05) is 84.9 Å². The van der Waals surface area contributed by atoms with E-state index in [1.807, 2.05) is 84.9 Å².